The number of rotatable bonds is 2. The number of hydrogen-bond donors (Lipinski definition) is 1. The summed E-state index contributed by atoms with van der Waals surface area (Å²) in [6.45, 7) is 1.72. The Kier molecular flexibility index (Phi) is 4.95. The normalized spacial score (nSPS) is 10.3. The van der Waals surface area contributed by atoms with E-state index < -0.39 is 10.3 Å². The summed E-state index contributed by atoms with van der Waals surface area (Å²) >= 11 is 0. The van der Waals surface area contributed by atoms with Gasteiger partial charge in [-0.2, -0.15) is 0 Å². The van der Waals surface area contributed by atoms with Crippen molar-refractivity contribution in [3.63, 3.8) is 0 Å². The Morgan fingerprint density at radius 1 is 1.31 bits per heavy atom. The van der Waals surface area contributed by atoms with E-state index in [1.165, 1.54) is 6.07 Å². The number of aryl methyl sites for hydroxylation is 1. The summed E-state index contributed by atoms with van der Waals surface area (Å²) in [5.74, 6) is 0. The third-order valence-electron chi connectivity index (χ3n) is 1.38. The van der Waals surface area contributed by atoms with Gasteiger partial charge in [-0.3, -0.25) is 4.72 Å². The summed E-state index contributed by atoms with van der Waals surface area (Å²) in [6, 6.07) is 6.66. The standard InChI is InChI=1S/C7H9NO3S.Na/c1-6-4-2-3-5-7(6)8-12(9,10)11;/h2-5,8H,1H3,(H,9,10,11);/q;+1/p-1. The smallest absolute Gasteiger partial charge is 0.731 e. The first-order valence-corrected chi connectivity index (χ1v) is 4.69. The Balaban J connectivity index is 0.00000144. The second-order valence-corrected chi connectivity index (χ2v) is 3.48. The summed E-state index contributed by atoms with van der Waals surface area (Å²) in [5.41, 5.74) is 1.05. The SMILES string of the molecule is Cc1ccccc1NS(=O)(=O)[O-].[Na+]. The summed E-state index contributed by atoms with van der Waals surface area (Å²) in [6.07, 6.45) is 0. The number of anilines is 1. The van der Waals surface area contributed by atoms with Crippen LogP contribution in [0.1, 0.15) is 5.56 Å². The van der Waals surface area contributed by atoms with Crippen LogP contribution >= 0.6 is 0 Å². The second kappa shape index (κ2) is 4.97. The summed E-state index contributed by atoms with van der Waals surface area (Å²) in [5, 5.41) is 0. The van der Waals surface area contributed by atoms with Crippen molar-refractivity contribution in [3.05, 3.63) is 29.8 Å². The topological polar surface area (TPSA) is 69.2 Å². The zero-order chi connectivity index (χ0) is 9.19. The monoisotopic (exact) mass is 209 g/mol. The van der Waals surface area contributed by atoms with E-state index in [-0.39, 0.29) is 29.6 Å². The van der Waals surface area contributed by atoms with Crippen molar-refractivity contribution in [2.45, 2.75) is 6.92 Å². The van der Waals surface area contributed by atoms with Gasteiger partial charge in [0.2, 0.25) is 0 Å². The molecule has 0 fully saturated rings. The van der Waals surface area contributed by atoms with Crippen molar-refractivity contribution in [3.8, 4) is 0 Å². The molecule has 13 heavy (non-hydrogen) atoms. The molecule has 1 aromatic rings. The fourth-order valence-corrected chi connectivity index (χ4v) is 1.32. The van der Waals surface area contributed by atoms with Crippen LogP contribution < -0.4 is 34.3 Å². The largest absolute Gasteiger partial charge is 1.00 e. The maximum Gasteiger partial charge on any atom is 1.00 e. The molecule has 0 saturated heterocycles. The molecule has 0 aromatic heterocycles. The number of hydrogen-bond acceptors (Lipinski definition) is 3. The molecule has 6 heteroatoms. The summed E-state index contributed by atoms with van der Waals surface area (Å²) < 4.78 is 32.7. The Hall–Kier alpha value is -0.0700. The minimum atomic E-state index is -4.40. The molecular formula is C7H8NNaO3S. The van der Waals surface area contributed by atoms with Crippen molar-refractivity contribution in [1.82, 2.24) is 0 Å². The van der Waals surface area contributed by atoms with Gasteiger partial charge in [0.15, 0.2) is 10.3 Å². The molecule has 0 amide bonds. The van der Waals surface area contributed by atoms with Crippen molar-refractivity contribution in [2.75, 3.05) is 4.72 Å². The van der Waals surface area contributed by atoms with E-state index in [9.17, 15) is 13.0 Å². The average molecular weight is 209 g/mol. The maximum atomic E-state index is 10.3. The van der Waals surface area contributed by atoms with Crippen molar-refractivity contribution in [2.24, 2.45) is 0 Å². The van der Waals surface area contributed by atoms with Gasteiger partial charge in [-0.25, -0.2) is 8.42 Å². The predicted octanol–water partition coefficient (Wildman–Crippen LogP) is -2.13. The van der Waals surface area contributed by atoms with Crippen LogP contribution in [0.4, 0.5) is 5.69 Å². The van der Waals surface area contributed by atoms with E-state index in [1.807, 2.05) is 4.72 Å². The van der Waals surface area contributed by atoms with E-state index in [1.54, 1.807) is 25.1 Å². The molecular weight excluding hydrogens is 201 g/mol. The first-order valence-electron chi connectivity index (χ1n) is 3.28. The molecule has 0 atom stereocenters. The van der Waals surface area contributed by atoms with Crippen LogP contribution in [0.2, 0.25) is 0 Å². The van der Waals surface area contributed by atoms with E-state index >= 15 is 0 Å². The van der Waals surface area contributed by atoms with E-state index in [4.69, 9.17) is 0 Å². The molecule has 66 valence electrons. The zero-order valence-electron chi connectivity index (χ0n) is 7.44. The summed E-state index contributed by atoms with van der Waals surface area (Å²) in [4.78, 5) is 0. The number of nitrogens with one attached hydrogen (secondary N) is 1. The van der Waals surface area contributed by atoms with Crippen LogP contribution in [-0.4, -0.2) is 13.0 Å². The Morgan fingerprint density at radius 2 is 1.85 bits per heavy atom. The molecule has 4 nitrogen and oxygen atoms in total. The van der Waals surface area contributed by atoms with Gasteiger partial charge in [-0.05, 0) is 18.6 Å². The van der Waals surface area contributed by atoms with E-state index in [2.05, 4.69) is 0 Å². The third kappa shape index (κ3) is 4.64. The second-order valence-electron chi connectivity index (χ2n) is 2.37. The van der Waals surface area contributed by atoms with Gasteiger partial charge in [0.1, 0.15) is 0 Å². The number of para-hydroxylation sites is 1. The molecule has 0 aliphatic rings. The molecule has 0 heterocycles. The van der Waals surface area contributed by atoms with Crippen LogP contribution in [0.15, 0.2) is 24.3 Å². The summed E-state index contributed by atoms with van der Waals surface area (Å²) in [7, 11) is -4.40. The number of benzene rings is 1. The Labute approximate surface area is 99.5 Å². The van der Waals surface area contributed by atoms with Crippen LogP contribution in [0.5, 0.6) is 0 Å². The van der Waals surface area contributed by atoms with E-state index in [0.29, 0.717) is 5.69 Å². The van der Waals surface area contributed by atoms with E-state index in [0.717, 1.165) is 5.56 Å². The van der Waals surface area contributed by atoms with Crippen molar-refractivity contribution in [1.29, 1.82) is 0 Å². The quantitative estimate of drug-likeness (QED) is 0.447. The van der Waals surface area contributed by atoms with Gasteiger partial charge in [0, 0.05) is 0 Å². The molecule has 0 aliphatic carbocycles. The Morgan fingerprint density at radius 3 is 2.31 bits per heavy atom. The van der Waals surface area contributed by atoms with Gasteiger partial charge >= 0.3 is 29.6 Å². The van der Waals surface area contributed by atoms with Gasteiger partial charge in [-0.15, -0.1) is 0 Å². The Bertz CT molecular complexity index is 377. The minimum Gasteiger partial charge on any atom is -0.731 e. The van der Waals surface area contributed by atoms with Gasteiger partial charge in [0.25, 0.3) is 0 Å². The first-order chi connectivity index (χ1) is 5.49. The van der Waals surface area contributed by atoms with Gasteiger partial charge < -0.3 is 4.55 Å². The molecule has 1 N–H and O–H groups in total. The van der Waals surface area contributed by atoms with Crippen molar-refractivity contribution >= 4 is 16.0 Å². The van der Waals surface area contributed by atoms with Gasteiger partial charge in [0.05, 0.1) is 5.69 Å². The minimum absolute atomic E-state index is 0. The predicted molar refractivity (Wildman–Crippen MR) is 44.5 cm³/mol. The zero-order valence-corrected chi connectivity index (χ0v) is 10.3. The van der Waals surface area contributed by atoms with Crippen LogP contribution in [0.25, 0.3) is 0 Å². The first kappa shape index (κ1) is 12.9. The molecule has 1 aromatic carbocycles. The average Bonchev–Trinajstić information content (AvgIpc) is 1.91. The van der Waals surface area contributed by atoms with Crippen LogP contribution in [-0.2, 0) is 10.3 Å². The fraction of sp³-hybridized carbons (Fsp3) is 0.143. The molecule has 0 saturated carbocycles. The maximum absolute atomic E-state index is 10.3. The third-order valence-corrected chi connectivity index (χ3v) is 1.85. The molecule has 0 spiro atoms. The molecule has 0 radical (unpaired) electrons. The molecule has 0 aliphatic heterocycles. The van der Waals surface area contributed by atoms with Crippen LogP contribution in [0.3, 0.4) is 0 Å². The molecule has 1 rings (SSSR count). The van der Waals surface area contributed by atoms with Crippen molar-refractivity contribution < 1.29 is 42.5 Å². The molecule has 0 unspecified atom stereocenters. The molecule has 0 bridgehead atoms. The fourth-order valence-electron chi connectivity index (χ4n) is 0.822. The van der Waals surface area contributed by atoms with Crippen LogP contribution in [0, 0.1) is 6.92 Å². The van der Waals surface area contributed by atoms with Gasteiger partial charge in [-0.1, -0.05) is 18.2 Å².